The molecule has 0 amide bonds. The third kappa shape index (κ3) is 2.01. The average molecular weight is 182 g/mol. The lowest BCUT2D eigenvalue weighted by Crippen LogP contribution is -2.12. The smallest absolute Gasteiger partial charge is 0.275 e. The van der Waals surface area contributed by atoms with E-state index in [9.17, 15) is 15.2 Å². The maximum absolute atomic E-state index is 10.5. The lowest BCUT2D eigenvalue weighted by Gasteiger charge is -2.07. The van der Waals surface area contributed by atoms with Crippen molar-refractivity contribution in [2.24, 2.45) is 5.73 Å². The van der Waals surface area contributed by atoms with Crippen LogP contribution in [0.15, 0.2) is 24.3 Å². The molecule has 0 aliphatic carbocycles. The molecule has 13 heavy (non-hydrogen) atoms. The van der Waals surface area contributed by atoms with Crippen molar-refractivity contribution in [2.45, 2.75) is 6.10 Å². The zero-order valence-corrected chi connectivity index (χ0v) is 6.88. The molecular weight excluding hydrogens is 172 g/mol. The van der Waals surface area contributed by atoms with Gasteiger partial charge >= 0.3 is 0 Å². The molecule has 1 atom stereocenters. The van der Waals surface area contributed by atoms with Gasteiger partial charge in [-0.05, 0) is 6.07 Å². The van der Waals surface area contributed by atoms with Crippen molar-refractivity contribution >= 4 is 5.69 Å². The van der Waals surface area contributed by atoms with E-state index in [1.165, 1.54) is 12.1 Å². The van der Waals surface area contributed by atoms with Gasteiger partial charge in [-0.25, -0.2) is 0 Å². The minimum atomic E-state index is -0.971. The first-order chi connectivity index (χ1) is 6.16. The monoisotopic (exact) mass is 182 g/mol. The molecule has 0 unspecified atom stereocenters. The van der Waals surface area contributed by atoms with Crippen LogP contribution >= 0.6 is 0 Å². The fraction of sp³-hybridized carbons (Fsp3) is 0.250. The molecule has 0 radical (unpaired) electrons. The predicted molar refractivity (Wildman–Crippen MR) is 47.1 cm³/mol. The molecule has 0 aliphatic rings. The first kappa shape index (κ1) is 9.63. The third-order valence-corrected chi connectivity index (χ3v) is 1.72. The fourth-order valence-corrected chi connectivity index (χ4v) is 1.06. The fourth-order valence-electron chi connectivity index (χ4n) is 1.06. The van der Waals surface area contributed by atoms with Crippen LogP contribution in [-0.4, -0.2) is 16.6 Å². The van der Waals surface area contributed by atoms with E-state index in [2.05, 4.69) is 0 Å². The Morgan fingerprint density at radius 1 is 1.54 bits per heavy atom. The zero-order chi connectivity index (χ0) is 9.84. The Kier molecular flexibility index (Phi) is 2.94. The number of nitrogens with two attached hydrogens (primary N) is 1. The molecule has 5 heteroatoms. The van der Waals surface area contributed by atoms with Crippen LogP contribution < -0.4 is 5.73 Å². The second-order valence-electron chi connectivity index (χ2n) is 2.57. The van der Waals surface area contributed by atoms with Gasteiger partial charge in [0.25, 0.3) is 5.69 Å². The molecule has 0 heterocycles. The van der Waals surface area contributed by atoms with Gasteiger partial charge in [0.1, 0.15) is 0 Å². The molecule has 0 saturated heterocycles. The second-order valence-corrected chi connectivity index (χ2v) is 2.57. The van der Waals surface area contributed by atoms with Crippen LogP contribution in [0.3, 0.4) is 0 Å². The summed E-state index contributed by atoms with van der Waals surface area (Å²) in [5.41, 5.74) is 5.36. The highest BCUT2D eigenvalue weighted by molar-refractivity contribution is 5.41. The number of hydrogen-bond acceptors (Lipinski definition) is 4. The normalized spacial score (nSPS) is 12.5. The van der Waals surface area contributed by atoms with Gasteiger partial charge in [-0.15, -0.1) is 0 Å². The summed E-state index contributed by atoms with van der Waals surface area (Å²) in [5, 5.41) is 19.8. The van der Waals surface area contributed by atoms with Gasteiger partial charge in [0, 0.05) is 12.6 Å². The number of benzene rings is 1. The van der Waals surface area contributed by atoms with E-state index in [1.54, 1.807) is 12.1 Å². The van der Waals surface area contributed by atoms with Gasteiger partial charge in [0.2, 0.25) is 0 Å². The number of nitro benzene ring substituents is 1. The maximum Gasteiger partial charge on any atom is 0.275 e. The number of para-hydroxylation sites is 1. The third-order valence-electron chi connectivity index (χ3n) is 1.72. The van der Waals surface area contributed by atoms with E-state index in [0.29, 0.717) is 0 Å². The summed E-state index contributed by atoms with van der Waals surface area (Å²) < 4.78 is 0. The van der Waals surface area contributed by atoms with Crippen LogP contribution in [0, 0.1) is 10.1 Å². The van der Waals surface area contributed by atoms with Crippen LogP contribution in [-0.2, 0) is 0 Å². The van der Waals surface area contributed by atoms with Crippen molar-refractivity contribution in [3.63, 3.8) is 0 Å². The van der Waals surface area contributed by atoms with Crippen LogP contribution in [0.5, 0.6) is 0 Å². The summed E-state index contributed by atoms with van der Waals surface area (Å²) in [6.45, 7) is -0.0230. The van der Waals surface area contributed by atoms with E-state index in [1.807, 2.05) is 0 Å². The molecule has 0 fully saturated rings. The molecular formula is C8H10N2O3. The largest absolute Gasteiger partial charge is 0.387 e. The van der Waals surface area contributed by atoms with E-state index in [0.717, 1.165) is 0 Å². The molecule has 0 spiro atoms. The SMILES string of the molecule is NC[C@@H](O)c1ccccc1[N+](=O)[O-]. The van der Waals surface area contributed by atoms with Gasteiger partial charge in [-0.1, -0.05) is 12.1 Å². The van der Waals surface area contributed by atoms with E-state index in [-0.39, 0.29) is 17.8 Å². The van der Waals surface area contributed by atoms with Crippen LogP contribution in [0.1, 0.15) is 11.7 Å². The van der Waals surface area contributed by atoms with E-state index < -0.39 is 11.0 Å². The molecule has 1 aromatic carbocycles. The van der Waals surface area contributed by atoms with Crippen molar-refractivity contribution in [3.8, 4) is 0 Å². The van der Waals surface area contributed by atoms with Gasteiger partial charge in [0.05, 0.1) is 16.6 Å². The number of rotatable bonds is 3. The number of hydrogen-bond donors (Lipinski definition) is 2. The second kappa shape index (κ2) is 3.97. The number of aliphatic hydroxyl groups is 1. The summed E-state index contributed by atoms with van der Waals surface area (Å²) in [5.74, 6) is 0. The van der Waals surface area contributed by atoms with E-state index in [4.69, 9.17) is 5.73 Å². The zero-order valence-electron chi connectivity index (χ0n) is 6.88. The summed E-state index contributed by atoms with van der Waals surface area (Å²) in [6, 6.07) is 6.01. The highest BCUT2D eigenvalue weighted by Gasteiger charge is 2.17. The van der Waals surface area contributed by atoms with Crippen LogP contribution in [0.25, 0.3) is 0 Å². The Balaban J connectivity index is 3.11. The quantitative estimate of drug-likeness (QED) is 0.528. The van der Waals surface area contributed by atoms with Crippen molar-refractivity contribution in [2.75, 3.05) is 6.54 Å². The number of aliphatic hydroxyl groups excluding tert-OH is 1. The highest BCUT2D eigenvalue weighted by Crippen LogP contribution is 2.23. The Bertz CT molecular complexity index is 314. The lowest BCUT2D eigenvalue weighted by atomic mass is 10.1. The molecule has 0 bridgehead atoms. The first-order valence-corrected chi connectivity index (χ1v) is 3.78. The Morgan fingerprint density at radius 2 is 2.15 bits per heavy atom. The molecule has 3 N–H and O–H groups in total. The minimum absolute atomic E-state index is 0.0230. The lowest BCUT2D eigenvalue weighted by molar-refractivity contribution is -0.386. The molecule has 1 rings (SSSR count). The first-order valence-electron chi connectivity index (χ1n) is 3.78. The average Bonchev–Trinajstić information content (AvgIpc) is 2.16. The Labute approximate surface area is 74.9 Å². The number of nitrogens with zero attached hydrogens (tertiary/aromatic N) is 1. The molecule has 1 aromatic rings. The van der Waals surface area contributed by atoms with Gasteiger partial charge < -0.3 is 10.8 Å². The van der Waals surface area contributed by atoms with Crippen LogP contribution in [0.2, 0.25) is 0 Å². The molecule has 5 nitrogen and oxygen atoms in total. The molecule has 0 aliphatic heterocycles. The maximum atomic E-state index is 10.5. The van der Waals surface area contributed by atoms with Crippen molar-refractivity contribution in [1.82, 2.24) is 0 Å². The minimum Gasteiger partial charge on any atom is -0.387 e. The molecule has 0 saturated carbocycles. The Morgan fingerprint density at radius 3 is 2.69 bits per heavy atom. The summed E-state index contributed by atoms with van der Waals surface area (Å²) >= 11 is 0. The highest BCUT2D eigenvalue weighted by atomic mass is 16.6. The summed E-state index contributed by atoms with van der Waals surface area (Å²) in [4.78, 5) is 9.96. The predicted octanol–water partition coefficient (Wildman–Crippen LogP) is 0.587. The van der Waals surface area contributed by atoms with Crippen molar-refractivity contribution in [3.05, 3.63) is 39.9 Å². The summed E-state index contributed by atoms with van der Waals surface area (Å²) in [6.07, 6.45) is -0.971. The van der Waals surface area contributed by atoms with Crippen molar-refractivity contribution in [1.29, 1.82) is 0 Å². The Hall–Kier alpha value is -1.46. The summed E-state index contributed by atoms with van der Waals surface area (Å²) in [7, 11) is 0. The molecule has 0 aromatic heterocycles. The molecule has 70 valence electrons. The van der Waals surface area contributed by atoms with Crippen molar-refractivity contribution < 1.29 is 10.0 Å². The van der Waals surface area contributed by atoms with E-state index >= 15 is 0 Å². The van der Waals surface area contributed by atoms with Gasteiger partial charge in [0.15, 0.2) is 0 Å². The topological polar surface area (TPSA) is 89.4 Å². The number of nitro groups is 1. The van der Waals surface area contributed by atoms with Gasteiger partial charge in [-0.3, -0.25) is 10.1 Å². The van der Waals surface area contributed by atoms with Crippen LogP contribution in [0.4, 0.5) is 5.69 Å². The standard InChI is InChI=1S/C8H10N2O3/c9-5-8(11)6-3-1-2-4-7(6)10(12)13/h1-4,8,11H,5,9H2/t8-/m1/s1. The van der Waals surface area contributed by atoms with Gasteiger partial charge in [-0.2, -0.15) is 0 Å².